The second kappa shape index (κ2) is 8.57. The number of carbonyl (C=O) groups is 1. The van der Waals surface area contributed by atoms with E-state index >= 15 is 0 Å². The van der Waals surface area contributed by atoms with Crippen molar-refractivity contribution in [1.82, 2.24) is 14.7 Å². The summed E-state index contributed by atoms with van der Waals surface area (Å²) in [6, 6.07) is 7.74. The molecule has 4 rings (SSSR count). The molecule has 1 amide bonds. The molecule has 0 radical (unpaired) electrons. The number of aromatic nitrogens is 2. The molecule has 33 heavy (non-hydrogen) atoms. The molecule has 1 aliphatic carbocycles. The number of carbonyl (C=O) groups excluding carboxylic acids is 1. The largest absolute Gasteiger partial charge is 0.384 e. The molecule has 3 atom stereocenters. The van der Waals surface area contributed by atoms with E-state index in [-0.39, 0.29) is 27.9 Å². The zero-order chi connectivity index (χ0) is 24.0. The highest BCUT2D eigenvalue weighted by Crippen LogP contribution is 2.48. The topological polar surface area (TPSA) is 128 Å². The summed E-state index contributed by atoms with van der Waals surface area (Å²) in [5.74, 6) is 0.939. The Kier molecular flexibility index (Phi) is 6.09. The molecule has 2 fully saturated rings. The molecular formula is C23H31N5O4S. The average molecular weight is 474 g/mol. The Morgan fingerprint density at radius 3 is 2.67 bits per heavy atom. The van der Waals surface area contributed by atoms with Gasteiger partial charge in [0.25, 0.3) is 15.9 Å². The Hall–Kier alpha value is -2.72. The highest BCUT2D eigenvalue weighted by atomic mass is 32.2. The van der Waals surface area contributed by atoms with Crippen LogP contribution >= 0.6 is 0 Å². The minimum Gasteiger partial charge on any atom is -0.384 e. The van der Waals surface area contributed by atoms with Gasteiger partial charge in [-0.1, -0.05) is 13.0 Å². The van der Waals surface area contributed by atoms with Gasteiger partial charge in [-0.25, -0.2) is 14.7 Å². The van der Waals surface area contributed by atoms with E-state index in [2.05, 4.69) is 35.4 Å². The minimum atomic E-state index is -4.19. The molecule has 0 aromatic carbocycles. The van der Waals surface area contributed by atoms with Gasteiger partial charge in [0, 0.05) is 37.4 Å². The number of rotatable bonds is 7. The van der Waals surface area contributed by atoms with Crippen LogP contribution in [0.3, 0.4) is 0 Å². The normalized spacial score (nSPS) is 24.0. The molecule has 3 heterocycles. The van der Waals surface area contributed by atoms with Gasteiger partial charge in [0.1, 0.15) is 11.6 Å². The predicted molar refractivity (Wildman–Crippen MR) is 125 cm³/mol. The van der Waals surface area contributed by atoms with E-state index in [9.17, 15) is 13.2 Å². The Morgan fingerprint density at radius 1 is 1.27 bits per heavy atom. The van der Waals surface area contributed by atoms with Crippen molar-refractivity contribution in [2.75, 3.05) is 30.9 Å². The van der Waals surface area contributed by atoms with Crippen LogP contribution in [0.1, 0.15) is 55.6 Å². The van der Waals surface area contributed by atoms with E-state index in [0.717, 1.165) is 25.1 Å². The Labute approximate surface area is 194 Å². The molecule has 10 heteroatoms. The van der Waals surface area contributed by atoms with E-state index in [4.69, 9.17) is 15.5 Å². The Bertz CT molecular complexity index is 1170. The summed E-state index contributed by atoms with van der Waals surface area (Å²) < 4.78 is 33.0. The number of sulfonamides is 1. The molecule has 2 aromatic heterocycles. The standard InChI is InChI=1S/C23H31N5O4S/c1-14-11-23(2,3)28(12-14)21-16(8-9-18(25-21)17-10-15(17)13-32-4)22(29)27-33(30,31)20-7-5-6-19(24)26-20/h5-9,14-15,17H,10-13H2,1-4H3,(H2,24,26)(H,27,29)/t14-,15?,17?/m0/s1. The van der Waals surface area contributed by atoms with Crippen molar-refractivity contribution >= 4 is 27.6 Å². The molecule has 0 spiro atoms. The fourth-order valence-corrected chi connectivity index (χ4v) is 5.77. The first-order chi connectivity index (χ1) is 15.5. The molecule has 1 saturated heterocycles. The third-order valence-electron chi connectivity index (χ3n) is 6.40. The van der Waals surface area contributed by atoms with Crippen LogP contribution in [-0.4, -0.2) is 50.1 Å². The first-order valence-electron chi connectivity index (χ1n) is 11.1. The lowest BCUT2D eigenvalue weighted by Crippen LogP contribution is -2.41. The fourth-order valence-electron chi connectivity index (χ4n) is 4.83. The van der Waals surface area contributed by atoms with E-state index in [0.29, 0.717) is 24.3 Å². The van der Waals surface area contributed by atoms with Crippen LogP contribution in [0.2, 0.25) is 0 Å². The number of pyridine rings is 2. The van der Waals surface area contributed by atoms with E-state index < -0.39 is 15.9 Å². The van der Waals surface area contributed by atoms with Gasteiger partial charge in [-0.2, -0.15) is 8.42 Å². The van der Waals surface area contributed by atoms with Crippen molar-refractivity contribution in [3.63, 3.8) is 0 Å². The Morgan fingerprint density at radius 2 is 2.03 bits per heavy atom. The number of nitrogens with one attached hydrogen (secondary N) is 1. The number of nitrogen functional groups attached to an aromatic ring is 1. The summed E-state index contributed by atoms with van der Waals surface area (Å²) >= 11 is 0. The van der Waals surface area contributed by atoms with Crippen LogP contribution in [-0.2, 0) is 14.8 Å². The summed E-state index contributed by atoms with van der Waals surface area (Å²) in [5.41, 5.74) is 6.52. The summed E-state index contributed by atoms with van der Waals surface area (Å²) in [5, 5.41) is -0.308. The van der Waals surface area contributed by atoms with E-state index in [1.165, 1.54) is 18.2 Å². The SMILES string of the molecule is COCC1CC1c1ccc(C(=O)NS(=O)(=O)c2cccc(N)n2)c(N2C[C@@H](C)CC2(C)C)n1. The molecule has 0 bridgehead atoms. The van der Waals surface area contributed by atoms with Gasteiger partial charge < -0.3 is 15.4 Å². The van der Waals surface area contributed by atoms with Crippen molar-refractivity contribution in [3.05, 3.63) is 41.6 Å². The molecule has 2 aromatic rings. The lowest BCUT2D eigenvalue weighted by atomic mass is 9.97. The smallest absolute Gasteiger partial charge is 0.281 e. The molecule has 178 valence electrons. The first kappa shape index (κ1) is 23.4. The Balaban J connectivity index is 1.69. The van der Waals surface area contributed by atoms with Crippen LogP contribution in [0.4, 0.5) is 11.6 Å². The highest BCUT2D eigenvalue weighted by molar-refractivity contribution is 7.90. The number of methoxy groups -OCH3 is 1. The summed E-state index contributed by atoms with van der Waals surface area (Å²) in [4.78, 5) is 24.1. The van der Waals surface area contributed by atoms with Crippen LogP contribution in [0.25, 0.3) is 0 Å². The van der Waals surface area contributed by atoms with Gasteiger partial charge in [0.2, 0.25) is 0 Å². The highest BCUT2D eigenvalue weighted by Gasteiger charge is 2.42. The van der Waals surface area contributed by atoms with Crippen molar-refractivity contribution in [3.8, 4) is 0 Å². The van der Waals surface area contributed by atoms with E-state index in [1.54, 1.807) is 13.2 Å². The van der Waals surface area contributed by atoms with Crippen LogP contribution in [0.15, 0.2) is 35.4 Å². The fraction of sp³-hybridized carbons (Fsp3) is 0.522. The summed E-state index contributed by atoms with van der Waals surface area (Å²) in [7, 11) is -2.51. The number of hydrogen-bond donors (Lipinski definition) is 2. The van der Waals surface area contributed by atoms with Crippen molar-refractivity contribution in [2.24, 2.45) is 11.8 Å². The number of ether oxygens (including phenoxy) is 1. The number of amides is 1. The van der Waals surface area contributed by atoms with Gasteiger partial charge in [-0.05, 0) is 62.8 Å². The molecule has 1 aliphatic heterocycles. The predicted octanol–water partition coefficient (Wildman–Crippen LogP) is 2.55. The maximum absolute atomic E-state index is 13.2. The molecule has 3 N–H and O–H groups in total. The lowest BCUT2D eigenvalue weighted by molar-refractivity contribution is 0.0981. The van der Waals surface area contributed by atoms with Gasteiger partial charge in [0.15, 0.2) is 5.03 Å². The van der Waals surface area contributed by atoms with Gasteiger partial charge >= 0.3 is 0 Å². The van der Waals surface area contributed by atoms with Gasteiger partial charge in [-0.3, -0.25) is 4.79 Å². The zero-order valence-corrected chi connectivity index (χ0v) is 20.2. The van der Waals surface area contributed by atoms with Crippen LogP contribution in [0, 0.1) is 11.8 Å². The molecule has 9 nitrogen and oxygen atoms in total. The number of nitrogens with zero attached hydrogens (tertiary/aromatic N) is 3. The molecule has 1 saturated carbocycles. The van der Waals surface area contributed by atoms with E-state index in [1.807, 2.05) is 6.07 Å². The summed E-state index contributed by atoms with van der Waals surface area (Å²) in [6.07, 6.45) is 1.93. The first-order valence-corrected chi connectivity index (χ1v) is 12.6. The number of nitrogens with two attached hydrogens (primary N) is 1. The lowest BCUT2D eigenvalue weighted by Gasteiger charge is -2.34. The summed E-state index contributed by atoms with van der Waals surface area (Å²) in [6.45, 7) is 7.80. The van der Waals surface area contributed by atoms with Crippen molar-refractivity contribution < 1.29 is 17.9 Å². The third-order valence-corrected chi connectivity index (χ3v) is 7.63. The quantitative estimate of drug-likeness (QED) is 0.628. The molecular weight excluding hydrogens is 442 g/mol. The van der Waals surface area contributed by atoms with Gasteiger partial charge in [0.05, 0.1) is 5.56 Å². The van der Waals surface area contributed by atoms with Crippen LogP contribution in [0.5, 0.6) is 0 Å². The minimum absolute atomic E-state index is 0.0554. The van der Waals surface area contributed by atoms with Gasteiger partial charge in [-0.15, -0.1) is 0 Å². The monoisotopic (exact) mass is 473 g/mol. The van der Waals surface area contributed by atoms with Crippen molar-refractivity contribution in [1.29, 1.82) is 0 Å². The number of hydrogen-bond acceptors (Lipinski definition) is 8. The second-order valence-corrected chi connectivity index (χ2v) is 11.4. The average Bonchev–Trinajstić information content (AvgIpc) is 3.44. The molecule has 2 aliphatic rings. The second-order valence-electron chi connectivity index (χ2n) is 9.73. The zero-order valence-electron chi connectivity index (χ0n) is 19.4. The molecule has 2 unspecified atom stereocenters. The maximum atomic E-state index is 13.2. The number of anilines is 2. The van der Waals surface area contributed by atoms with Crippen molar-refractivity contribution in [2.45, 2.75) is 50.1 Å². The maximum Gasteiger partial charge on any atom is 0.281 e. The van der Waals surface area contributed by atoms with Crippen LogP contribution < -0.4 is 15.4 Å². The third kappa shape index (κ3) is 4.81.